The highest BCUT2D eigenvalue weighted by molar-refractivity contribution is 6.13. The van der Waals surface area contributed by atoms with Gasteiger partial charge in [0.15, 0.2) is 5.76 Å². The number of methoxy groups -OCH3 is 1. The van der Waals surface area contributed by atoms with Crippen LogP contribution in [0.1, 0.15) is 33.1 Å². The molecule has 3 aliphatic carbocycles. The number of Topliss-reactive ketones (excluding diaryl/α,β-unsaturated/α-hetero) is 1. The van der Waals surface area contributed by atoms with Gasteiger partial charge in [0.25, 0.3) is 0 Å². The number of nitrogens with zero attached hydrogens (tertiary/aromatic N) is 1. The molecule has 1 aliphatic heterocycles. The number of ether oxygens (including phenoxy) is 2. The minimum absolute atomic E-state index is 0.0115. The monoisotopic (exact) mass is 485 g/mol. The molecule has 1 saturated heterocycles. The number of fused-ring (bicyclic) bond motifs is 4. The van der Waals surface area contributed by atoms with Crippen LogP contribution in [0.5, 0.6) is 0 Å². The number of allylic oxidation sites excluding steroid dienone is 1. The molecule has 35 heavy (non-hydrogen) atoms. The van der Waals surface area contributed by atoms with Crippen LogP contribution in [0, 0.1) is 16.7 Å². The van der Waals surface area contributed by atoms with Gasteiger partial charge in [0.05, 0.1) is 29.8 Å². The van der Waals surface area contributed by atoms with Crippen LogP contribution in [0.3, 0.4) is 0 Å². The molecule has 0 amide bonds. The van der Waals surface area contributed by atoms with E-state index in [1.54, 1.807) is 30.2 Å². The van der Waals surface area contributed by atoms with Crippen LogP contribution in [0.2, 0.25) is 0 Å². The Balaban J connectivity index is 1.96. The Morgan fingerprint density at radius 1 is 1.17 bits per heavy atom. The minimum Gasteiger partial charge on any atom is -0.504 e. The molecule has 190 valence electrons. The largest absolute Gasteiger partial charge is 0.504 e. The summed E-state index contributed by atoms with van der Waals surface area (Å²) in [6.45, 7) is 12.0. The number of aliphatic hydroxyl groups is 3. The van der Waals surface area contributed by atoms with E-state index in [1.165, 1.54) is 7.11 Å². The van der Waals surface area contributed by atoms with E-state index in [-0.39, 0.29) is 30.1 Å². The third-order valence-corrected chi connectivity index (χ3v) is 8.41. The van der Waals surface area contributed by atoms with Gasteiger partial charge in [-0.05, 0) is 37.7 Å². The van der Waals surface area contributed by atoms with E-state index in [1.807, 2.05) is 6.92 Å². The number of hydrogen-bond acceptors (Lipinski definition) is 8. The van der Waals surface area contributed by atoms with Crippen molar-refractivity contribution >= 4 is 11.8 Å². The number of rotatable bonds is 7. The Hall–Kier alpha value is -2.68. The van der Waals surface area contributed by atoms with Crippen LogP contribution in [-0.4, -0.2) is 77.1 Å². The highest BCUT2D eigenvalue weighted by Crippen LogP contribution is 2.62. The van der Waals surface area contributed by atoms with Crippen LogP contribution in [0.4, 0.5) is 0 Å². The number of carbonyl (C=O) groups excluding carboxylic acids is 2. The maximum Gasteiger partial charge on any atom is 0.340 e. The normalized spacial score (nSPS) is 37.6. The maximum atomic E-state index is 13.7. The fourth-order valence-electron chi connectivity index (χ4n) is 6.70. The first-order valence-corrected chi connectivity index (χ1v) is 12.0. The van der Waals surface area contributed by atoms with Gasteiger partial charge in [0.1, 0.15) is 6.10 Å². The second kappa shape index (κ2) is 9.08. The standard InChI is InChI=1S/C27H35NO7/c1-6-10-28(11-7-2)13-15-21-24(32)23(31)20-16-8-9-18(30)26(16,3)12-17(29)22(20)27(21,4)19(14-34-5)35-25(15)33/h6-7,13,16-19,29-30,32H,1-2,8-12,14H2,3-5H3. The van der Waals surface area contributed by atoms with Gasteiger partial charge < -0.3 is 29.7 Å². The lowest BCUT2D eigenvalue weighted by Crippen LogP contribution is -2.56. The fraction of sp³-hybridized carbons (Fsp3) is 0.556. The van der Waals surface area contributed by atoms with E-state index in [9.17, 15) is 24.9 Å². The molecule has 0 aromatic heterocycles. The average molecular weight is 486 g/mol. The summed E-state index contributed by atoms with van der Waals surface area (Å²) in [5, 5.41) is 33.6. The van der Waals surface area contributed by atoms with Crippen LogP contribution >= 0.6 is 0 Å². The predicted molar refractivity (Wildman–Crippen MR) is 129 cm³/mol. The lowest BCUT2D eigenvalue weighted by molar-refractivity contribution is -0.157. The van der Waals surface area contributed by atoms with Gasteiger partial charge in [-0.25, -0.2) is 4.79 Å². The lowest BCUT2D eigenvalue weighted by Gasteiger charge is -2.53. The lowest BCUT2D eigenvalue weighted by atomic mass is 9.53. The van der Waals surface area contributed by atoms with Crippen molar-refractivity contribution in [2.24, 2.45) is 16.7 Å². The first kappa shape index (κ1) is 25.4. The van der Waals surface area contributed by atoms with Gasteiger partial charge in [0, 0.05) is 43.0 Å². The van der Waals surface area contributed by atoms with Crippen molar-refractivity contribution < 1.29 is 34.4 Å². The first-order valence-electron chi connectivity index (χ1n) is 12.0. The number of ketones is 1. The zero-order chi connectivity index (χ0) is 25.7. The molecule has 3 N–H and O–H groups in total. The number of hydrogen-bond donors (Lipinski definition) is 3. The molecule has 1 saturated carbocycles. The van der Waals surface area contributed by atoms with Gasteiger partial charge >= 0.3 is 5.97 Å². The maximum absolute atomic E-state index is 13.7. The van der Waals surface area contributed by atoms with Crippen molar-refractivity contribution in [1.29, 1.82) is 0 Å². The van der Waals surface area contributed by atoms with Crippen molar-refractivity contribution in [3.8, 4) is 0 Å². The molecule has 0 aromatic rings. The van der Waals surface area contributed by atoms with Crippen LogP contribution in [0.25, 0.3) is 0 Å². The Morgan fingerprint density at radius 2 is 1.83 bits per heavy atom. The van der Waals surface area contributed by atoms with E-state index >= 15 is 0 Å². The number of cyclic esters (lactones) is 1. The van der Waals surface area contributed by atoms with Gasteiger partial charge in [-0.3, -0.25) is 4.79 Å². The summed E-state index contributed by atoms with van der Waals surface area (Å²) in [5.74, 6) is -2.14. The highest BCUT2D eigenvalue weighted by atomic mass is 16.6. The average Bonchev–Trinajstić information content (AvgIpc) is 3.09. The van der Waals surface area contributed by atoms with Crippen LogP contribution in [0.15, 0.2) is 59.6 Å². The zero-order valence-electron chi connectivity index (χ0n) is 20.6. The van der Waals surface area contributed by atoms with Crippen molar-refractivity contribution in [3.05, 3.63) is 59.6 Å². The molecular formula is C27H35NO7. The van der Waals surface area contributed by atoms with Crippen molar-refractivity contribution in [2.45, 2.75) is 51.4 Å². The Kier molecular flexibility index (Phi) is 6.59. The molecule has 8 heteroatoms. The molecule has 6 atom stereocenters. The predicted octanol–water partition coefficient (Wildman–Crippen LogP) is 2.36. The summed E-state index contributed by atoms with van der Waals surface area (Å²) in [4.78, 5) is 28.7. The van der Waals surface area contributed by atoms with Crippen LogP contribution < -0.4 is 0 Å². The summed E-state index contributed by atoms with van der Waals surface area (Å²) < 4.78 is 11.2. The van der Waals surface area contributed by atoms with Gasteiger partial charge in [-0.15, -0.1) is 13.2 Å². The fourth-order valence-corrected chi connectivity index (χ4v) is 6.70. The van der Waals surface area contributed by atoms with Crippen LogP contribution in [-0.2, 0) is 19.1 Å². The SMILES string of the molecule is C=CCN(C=C1C(=O)OC(COC)C2(C)C1=C(O)C(=O)C1=C2C(O)CC2(C)C(O)CCC12)CC=C. The topological polar surface area (TPSA) is 117 Å². The Morgan fingerprint density at radius 3 is 2.43 bits per heavy atom. The molecule has 4 aliphatic rings. The summed E-state index contributed by atoms with van der Waals surface area (Å²) in [6, 6.07) is 0. The van der Waals surface area contributed by atoms with E-state index in [2.05, 4.69) is 13.2 Å². The molecule has 0 bridgehead atoms. The number of aliphatic hydroxyl groups excluding tert-OH is 3. The molecule has 4 rings (SSSR count). The Bertz CT molecular complexity index is 1050. The summed E-state index contributed by atoms with van der Waals surface area (Å²) in [5.41, 5.74) is -0.920. The molecule has 0 radical (unpaired) electrons. The van der Waals surface area contributed by atoms with Gasteiger partial charge in [-0.1, -0.05) is 19.1 Å². The van der Waals surface area contributed by atoms with E-state index in [0.717, 1.165) is 0 Å². The highest BCUT2D eigenvalue weighted by Gasteiger charge is 2.63. The number of esters is 1. The third-order valence-electron chi connectivity index (χ3n) is 8.41. The summed E-state index contributed by atoms with van der Waals surface area (Å²) in [6.07, 6.45) is 3.62. The van der Waals surface area contributed by atoms with Gasteiger partial charge in [0.2, 0.25) is 5.78 Å². The van der Waals surface area contributed by atoms with E-state index < -0.39 is 46.7 Å². The summed E-state index contributed by atoms with van der Waals surface area (Å²) >= 11 is 0. The Labute approximate surface area is 205 Å². The van der Waals surface area contributed by atoms with E-state index in [0.29, 0.717) is 37.1 Å². The number of carbonyl (C=O) groups is 2. The summed E-state index contributed by atoms with van der Waals surface area (Å²) in [7, 11) is 1.48. The smallest absolute Gasteiger partial charge is 0.340 e. The molecular weight excluding hydrogens is 450 g/mol. The van der Waals surface area contributed by atoms with Crippen molar-refractivity contribution in [2.75, 3.05) is 26.8 Å². The zero-order valence-corrected chi connectivity index (χ0v) is 20.6. The molecule has 8 nitrogen and oxygen atoms in total. The van der Waals surface area contributed by atoms with Crippen molar-refractivity contribution in [3.63, 3.8) is 0 Å². The second-order valence-corrected chi connectivity index (χ2v) is 10.4. The molecule has 0 aromatic carbocycles. The second-order valence-electron chi connectivity index (χ2n) is 10.4. The molecule has 0 spiro atoms. The first-order chi connectivity index (χ1) is 16.6. The molecule has 2 fully saturated rings. The minimum atomic E-state index is -1.20. The van der Waals surface area contributed by atoms with Gasteiger partial charge in [-0.2, -0.15) is 0 Å². The molecule has 1 heterocycles. The van der Waals surface area contributed by atoms with Crippen molar-refractivity contribution in [1.82, 2.24) is 4.90 Å². The van der Waals surface area contributed by atoms with E-state index in [4.69, 9.17) is 9.47 Å². The quantitative estimate of drug-likeness (QED) is 0.286. The molecule has 6 unspecified atom stereocenters. The third kappa shape index (κ3) is 3.61.